The van der Waals surface area contributed by atoms with E-state index in [1.54, 1.807) is 36.5 Å². The molecule has 1 N–H and O–H groups in total. The number of carbonyl (C=O) groups is 2. The van der Waals surface area contributed by atoms with Gasteiger partial charge in [0.2, 0.25) is 0 Å². The number of likely N-dealkylation sites (tertiary alicyclic amines) is 1. The summed E-state index contributed by atoms with van der Waals surface area (Å²) in [5.41, 5.74) is 2.56. The SMILES string of the molecule is COC(=O)c1ccc(Nc2ccc(C(=O)N3CCC(C)CC3)nc2)cc1. The first kappa shape index (κ1) is 17.9. The Hall–Kier alpha value is -2.89. The van der Waals surface area contributed by atoms with E-state index in [0.717, 1.165) is 37.3 Å². The molecule has 2 heterocycles. The second-order valence-electron chi connectivity index (χ2n) is 6.60. The lowest BCUT2D eigenvalue weighted by atomic mass is 9.99. The third-order valence-electron chi connectivity index (χ3n) is 4.65. The Labute approximate surface area is 153 Å². The van der Waals surface area contributed by atoms with Gasteiger partial charge < -0.3 is 15.0 Å². The fourth-order valence-electron chi connectivity index (χ4n) is 2.94. The van der Waals surface area contributed by atoms with Gasteiger partial charge in [-0.25, -0.2) is 9.78 Å². The van der Waals surface area contributed by atoms with E-state index < -0.39 is 0 Å². The summed E-state index contributed by atoms with van der Waals surface area (Å²) in [7, 11) is 1.35. The lowest BCUT2D eigenvalue weighted by Gasteiger charge is -2.30. The first-order valence-corrected chi connectivity index (χ1v) is 8.77. The fourth-order valence-corrected chi connectivity index (χ4v) is 2.94. The Morgan fingerprint density at radius 3 is 2.31 bits per heavy atom. The maximum absolute atomic E-state index is 12.5. The first-order valence-electron chi connectivity index (χ1n) is 8.77. The van der Waals surface area contributed by atoms with Crippen LogP contribution in [0.3, 0.4) is 0 Å². The third-order valence-corrected chi connectivity index (χ3v) is 4.65. The van der Waals surface area contributed by atoms with Gasteiger partial charge in [-0.1, -0.05) is 6.92 Å². The number of anilines is 2. The van der Waals surface area contributed by atoms with E-state index in [9.17, 15) is 9.59 Å². The van der Waals surface area contributed by atoms with Crippen molar-refractivity contribution in [2.45, 2.75) is 19.8 Å². The van der Waals surface area contributed by atoms with Crippen LogP contribution >= 0.6 is 0 Å². The average molecular weight is 353 g/mol. The lowest BCUT2D eigenvalue weighted by Crippen LogP contribution is -2.38. The van der Waals surface area contributed by atoms with Gasteiger partial charge in [0.1, 0.15) is 5.69 Å². The monoisotopic (exact) mass is 353 g/mol. The smallest absolute Gasteiger partial charge is 0.337 e. The van der Waals surface area contributed by atoms with E-state index in [1.807, 2.05) is 11.0 Å². The molecule has 1 aliphatic rings. The molecule has 0 radical (unpaired) electrons. The minimum atomic E-state index is -0.367. The van der Waals surface area contributed by atoms with Gasteiger partial charge >= 0.3 is 5.97 Å². The van der Waals surface area contributed by atoms with E-state index >= 15 is 0 Å². The summed E-state index contributed by atoms with van der Waals surface area (Å²) in [6.45, 7) is 3.82. The highest BCUT2D eigenvalue weighted by Gasteiger charge is 2.22. The molecule has 0 saturated carbocycles. The maximum atomic E-state index is 12.5. The van der Waals surface area contributed by atoms with Crippen LogP contribution in [0.25, 0.3) is 0 Å². The molecule has 2 aromatic rings. The number of amides is 1. The molecule has 0 unspecified atom stereocenters. The number of methoxy groups -OCH3 is 1. The van der Waals surface area contributed by atoms with Gasteiger partial charge in [-0.3, -0.25) is 4.79 Å². The molecule has 1 saturated heterocycles. The van der Waals surface area contributed by atoms with E-state index in [0.29, 0.717) is 17.2 Å². The molecule has 1 amide bonds. The van der Waals surface area contributed by atoms with Crippen LogP contribution in [0.4, 0.5) is 11.4 Å². The largest absolute Gasteiger partial charge is 0.465 e. The summed E-state index contributed by atoms with van der Waals surface area (Å²) in [6.07, 6.45) is 3.74. The number of rotatable bonds is 4. The second-order valence-corrected chi connectivity index (χ2v) is 6.60. The van der Waals surface area contributed by atoms with Crippen molar-refractivity contribution in [2.24, 2.45) is 5.92 Å². The van der Waals surface area contributed by atoms with Crippen LogP contribution < -0.4 is 5.32 Å². The van der Waals surface area contributed by atoms with Crippen LogP contribution in [0.2, 0.25) is 0 Å². The molecule has 6 heteroatoms. The Kier molecular flexibility index (Phi) is 5.51. The van der Waals surface area contributed by atoms with E-state index in [-0.39, 0.29) is 11.9 Å². The Balaban J connectivity index is 1.62. The van der Waals surface area contributed by atoms with Gasteiger partial charge in [0.25, 0.3) is 5.91 Å². The summed E-state index contributed by atoms with van der Waals surface area (Å²) in [6, 6.07) is 10.5. The van der Waals surface area contributed by atoms with Gasteiger partial charge in [0, 0.05) is 18.8 Å². The van der Waals surface area contributed by atoms with Crippen molar-refractivity contribution in [3.8, 4) is 0 Å². The topological polar surface area (TPSA) is 71.5 Å². The third kappa shape index (κ3) is 4.20. The normalized spacial score (nSPS) is 14.8. The predicted molar refractivity (Wildman–Crippen MR) is 99.6 cm³/mol. The van der Waals surface area contributed by atoms with E-state index in [4.69, 9.17) is 0 Å². The number of nitrogens with zero attached hydrogens (tertiary/aromatic N) is 2. The Morgan fingerprint density at radius 1 is 1.08 bits per heavy atom. The quantitative estimate of drug-likeness (QED) is 0.852. The number of pyridine rings is 1. The molecule has 0 spiro atoms. The van der Waals surface area contributed by atoms with Crippen molar-refractivity contribution >= 4 is 23.3 Å². The number of benzene rings is 1. The number of piperidine rings is 1. The van der Waals surface area contributed by atoms with Crippen molar-refractivity contribution < 1.29 is 14.3 Å². The molecule has 0 atom stereocenters. The molecular weight excluding hydrogens is 330 g/mol. The summed E-state index contributed by atoms with van der Waals surface area (Å²) < 4.78 is 4.68. The molecular formula is C20H23N3O3. The van der Waals surface area contributed by atoms with Crippen molar-refractivity contribution in [2.75, 3.05) is 25.5 Å². The highest BCUT2D eigenvalue weighted by molar-refractivity contribution is 5.92. The second kappa shape index (κ2) is 7.99. The van der Waals surface area contributed by atoms with Crippen LogP contribution in [0.15, 0.2) is 42.6 Å². The molecule has 0 aliphatic carbocycles. The number of ether oxygens (including phenoxy) is 1. The number of carbonyl (C=O) groups excluding carboxylic acids is 2. The summed E-state index contributed by atoms with van der Waals surface area (Å²) in [5.74, 6) is 0.309. The van der Waals surface area contributed by atoms with Crippen molar-refractivity contribution in [1.82, 2.24) is 9.88 Å². The van der Waals surface area contributed by atoms with Crippen LogP contribution in [0.5, 0.6) is 0 Å². The molecule has 6 nitrogen and oxygen atoms in total. The summed E-state index contributed by atoms with van der Waals surface area (Å²) >= 11 is 0. The van der Waals surface area contributed by atoms with Gasteiger partial charge in [-0.15, -0.1) is 0 Å². The highest BCUT2D eigenvalue weighted by atomic mass is 16.5. The van der Waals surface area contributed by atoms with Crippen molar-refractivity contribution in [3.05, 3.63) is 53.9 Å². The average Bonchev–Trinajstić information content (AvgIpc) is 2.68. The standard InChI is InChI=1S/C20H23N3O3/c1-14-9-11-23(12-10-14)19(24)18-8-7-17(13-21-18)22-16-5-3-15(4-6-16)20(25)26-2/h3-8,13-14,22H,9-12H2,1-2H3. The molecule has 26 heavy (non-hydrogen) atoms. The van der Waals surface area contributed by atoms with Crippen LogP contribution in [0, 0.1) is 5.92 Å². The Bertz CT molecular complexity index is 764. The molecule has 0 bridgehead atoms. The van der Waals surface area contributed by atoms with Crippen LogP contribution in [-0.4, -0.2) is 42.0 Å². The van der Waals surface area contributed by atoms with Crippen molar-refractivity contribution in [3.63, 3.8) is 0 Å². The summed E-state index contributed by atoms with van der Waals surface area (Å²) in [5, 5.41) is 3.20. The molecule has 3 rings (SSSR count). The number of esters is 1. The summed E-state index contributed by atoms with van der Waals surface area (Å²) in [4.78, 5) is 30.1. The number of hydrogen-bond donors (Lipinski definition) is 1. The Morgan fingerprint density at radius 2 is 1.73 bits per heavy atom. The van der Waals surface area contributed by atoms with E-state index in [2.05, 4.69) is 22.0 Å². The predicted octanol–water partition coefficient (Wildman–Crippen LogP) is 3.48. The van der Waals surface area contributed by atoms with Crippen LogP contribution in [0.1, 0.15) is 40.6 Å². The minimum absolute atomic E-state index is 0.00844. The minimum Gasteiger partial charge on any atom is -0.465 e. The van der Waals surface area contributed by atoms with Crippen molar-refractivity contribution in [1.29, 1.82) is 0 Å². The molecule has 1 aromatic heterocycles. The lowest BCUT2D eigenvalue weighted by molar-refractivity contribution is 0.0600. The molecule has 1 aromatic carbocycles. The number of aromatic nitrogens is 1. The van der Waals surface area contributed by atoms with Gasteiger partial charge in [-0.2, -0.15) is 0 Å². The molecule has 1 fully saturated rings. The zero-order valence-corrected chi connectivity index (χ0v) is 15.1. The van der Waals surface area contributed by atoms with E-state index in [1.165, 1.54) is 7.11 Å². The maximum Gasteiger partial charge on any atom is 0.337 e. The van der Waals surface area contributed by atoms with Gasteiger partial charge in [0.15, 0.2) is 0 Å². The highest BCUT2D eigenvalue weighted by Crippen LogP contribution is 2.20. The molecule has 1 aliphatic heterocycles. The zero-order chi connectivity index (χ0) is 18.5. The van der Waals surface area contributed by atoms with Gasteiger partial charge in [0.05, 0.1) is 24.6 Å². The fraction of sp³-hybridized carbons (Fsp3) is 0.350. The van der Waals surface area contributed by atoms with Gasteiger partial charge in [-0.05, 0) is 55.2 Å². The number of nitrogens with one attached hydrogen (secondary N) is 1. The van der Waals surface area contributed by atoms with Crippen LogP contribution in [-0.2, 0) is 4.74 Å². The molecule has 136 valence electrons. The number of hydrogen-bond acceptors (Lipinski definition) is 5. The zero-order valence-electron chi connectivity index (χ0n) is 15.1. The first-order chi connectivity index (χ1) is 12.6.